The SMILES string of the molecule is CCCCS(=O)(=O)N(C)Cc1c[nH]c2ccccc12. The van der Waals surface area contributed by atoms with E-state index < -0.39 is 10.0 Å². The third-order valence-corrected chi connectivity index (χ3v) is 5.18. The Hall–Kier alpha value is -1.33. The summed E-state index contributed by atoms with van der Waals surface area (Å²) in [4.78, 5) is 3.17. The average molecular weight is 280 g/mol. The van der Waals surface area contributed by atoms with Gasteiger partial charge in [-0.2, -0.15) is 0 Å². The molecular formula is C14H20N2O2S. The van der Waals surface area contributed by atoms with Crippen LogP contribution in [0.1, 0.15) is 25.3 Å². The zero-order valence-corrected chi connectivity index (χ0v) is 12.2. The van der Waals surface area contributed by atoms with Crippen molar-refractivity contribution < 1.29 is 8.42 Å². The molecule has 4 nitrogen and oxygen atoms in total. The summed E-state index contributed by atoms with van der Waals surface area (Å²) in [6, 6.07) is 7.92. The zero-order chi connectivity index (χ0) is 13.9. The van der Waals surface area contributed by atoms with E-state index in [0.29, 0.717) is 13.0 Å². The molecule has 2 rings (SSSR count). The van der Waals surface area contributed by atoms with E-state index in [4.69, 9.17) is 0 Å². The van der Waals surface area contributed by atoms with Crippen LogP contribution in [0.3, 0.4) is 0 Å². The van der Waals surface area contributed by atoms with Gasteiger partial charge >= 0.3 is 0 Å². The molecule has 0 aliphatic heterocycles. The lowest BCUT2D eigenvalue weighted by atomic mass is 10.2. The van der Waals surface area contributed by atoms with Crippen molar-refractivity contribution in [3.05, 3.63) is 36.0 Å². The molecule has 2 aromatic rings. The first-order valence-corrected chi connectivity index (χ1v) is 8.14. The number of rotatable bonds is 6. The Morgan fingerprint density at radius 1 is 1.26 bits per heavy atom. The number of sulfonamides is 1. The molecule has 0 saturated heterocycles. The van der Waals surface area contributed by atoms with Crippen molar-refractivity contribution in [2.24, 2.45) is 0 Å². The molecule has 5 heteroatoms. The third kappa shape index (κ3) is 3.16. The van der Waals surface area contributed by atoms with Crippen LogP contribution in [0.2, 0.25) is 0 Å². The Kier molecular flexibility index (Phi) is 4.27. The number of nitrogens with zero attached hydrogens (tertiary/aromatic N) is 1. The molecule has 1 heterocycles. The summed E-state index contributed by atoms with van der Waals surface area (Å²) in [5, 5.41) is 1.08. The molecule has 1 aromatic carbocycles. The van der Waals surface area contributed by atoms with Crippen LogP contribution in [0.4, 0.5) is 0 Å². The van der Waals surface area contributed by atoms with Crippen LogP contribution in [-0.2, 0) is 16.6 Å². The summed E-state index contributed by atoms with van der Waals surface area (Å²) in [5.74, 6) is 0.225. The molecular weight excluding hydrogens is 260 g/mol. The van der Waals surface area contributed by atoms with Crippen molar-refractivity contribution in [2.75, 3.05) is 12.8 Å². The Balaban J connectivity index is 2.17. The van der Waals surface area contributed by atoms with E-state index in [1.807, 2.05) is 37.4 Å². The monoisotopic (exact) mass is 280 g/mol. The van der Waals surface area contributed by atoms with Crippen LogP contribution in [0.15, 0.2) is 30.5 Å². The molecule has 104 valence electrons. The second-order valence-corrected chi connectivity index (χ2v) is 6.98. The molecule has 0 fully saturated rings. The maximum atomic E-state index is 12.1. The average Bonchev–Trinajstić information content (AvgIpc) is 2.80. The summed E-state index contributed by atoms with van der Waals surface area (Å²) in [6.45, 7) is 2.41. The van der Waals surface area contributed by atoms with Crippen molar-refractivity contribution in [1.82, 2.24) is 9.29 Å². The van der Waals surface area contributed by atoms with Crippen LogP contribution in [0.25, 0.3) is 10.9 Å². The number of nitrogens with one attached hydrogen (secondary N) is 1. The Morgan fingerprint density at radius 3 is 2.74 bits per heavy atom. The van der Waals surface area contributed by atoms with E-state index in [2.05, 4.69) is 4.98 Å². The summed E-state index contributed by atoms with van der Waals surface area (Å²) >= 11 is 0. The maximum Gasteiger partial charge on any atom is 0.214 e. The minimum atomic E-state index is -3.15. The van der Waals surface area contributed by atoms with Gasteiger partial charge in [-0.1, -0.05) is 31.5 Å². The van der Waals surface area contributed by atoms with Gasteiger partial charge in [-0.05, 0) is 18.1 Å². The van der Waals surface area contributed by atoms with E-state index in [-0.39, 0.29) is 5.75 Å². The molecule has 0 bridgehead atoms. The van der Waals surface area contributed by atoms with Gasteiger partial charge < -0.3 is 4.98 Å². The normalized spacial score (nSPS) is 12.4. The maximum absolute atomic E-state index is 12.1. The lowest BCUT2D eigenvalue weighted by Gasteiger charge is -2.16. The van der Waals surface area contributed by atoms with Crippen LogP contribution >= 0.6 is 0 Å². The minimum absolute atomic E-state index is 0.225. The number of H-pyrrole nitrogens is 1. The Bertz CT molecular complexity index is 646. The topological polar surface area (TPSA) is 53.2 Å². The standard InChI is InChI=1S/C14H20N2O2S/c1-3-4-9-19(17,18)16(2)11-12-10-15-14-8-6-5-7-13(12)14/h5-8,10,15H,3-4,9,11H2,1-2H3. The summed E-state index contributed by atoms with van der Waals surface area (Å²) in [7, 11) is -1.50. The number of aromatic nitrogens is 1. The van der Waals surface area contributed by atoms with Gasteiger partial charge in [0.25, 0.3) is 0 Å². The van der Waals surface area contributed by atoms with Gasteiger partial charge in [0, 0.05) is 30.7 Å². The number of aromatic amines is 1. The first-order chi connectivity index (χ1) is 9.04. The third-order valence-electron chi connectivity index (χ3n) is 3.30. The predicted octanol–water partition coefficient (Wildman–Crippen LogP) is 2.73. The number of unbranched alkanes of at least 4 members (excludes halogenated alkanes) is 1. The number of hydrogen-bond donors (Lipinski definition) is 1. The molecule has 0 amide bonds. The molecule has 19 heavy (non-hydrogen) atoms. The van der Waals surface area contributed by atoms with Crippen molar-refractivity contribution in [2.45, 2.75) is 26.3 Å². The van der Waals surface area contributed by atoms with Gasteiger partial charge in [0.2, 0.25) is 10.0 Å². The zero-order valence-electron chi connectivity index (χ0n) is 11.4. The molecule has 0 radical (unpaired) electrons. The number of hydrogen-bond acceptors (Lipinski definition) is 2. The molecule has 0 unspecified atom stereocenters. The van der Waals surface area contributed by atoms with E-state index >= 15 is 0 Å². The second kappa shape index (κ2) is 5.75. The molecule has 1 aromatic heterocycles. The molecule has 0 aliphatic carbocycles. The van der Waals surface area contributed by atoms with E-state index in [0.717, 1.165) is 22.9 Å². The Labute approximate surface area is 114 Å². The summed E-state index contributed by atoms with van der Waals surface area (Å²) < 4.78 is 25.6. The summed E-state index contributed by atoms with van der Waals surface area (Å²) in [6.07, 6.45) is 3.48. The van der Waals surface area contributed by atoms with Gasteiger partial charge in [-0.15, -0.1) is 0 Å². The second-order valence-electron chi connectivity index (χ2n) is 4.79. The van der Waals surface area contributed by atoms with Gasteiger partial charge in [0.1, 0.15) is 0 Å². The van der Waals surface area contributed by atoms with E-state index in [1.165, 1.54) is 4.31 Å². The Morgan fingerprint density at radius 2 is 2.00 bits per heavy atom. The van der Waals surface area contributed by atoms with Gasteiger partial charge in [-0.3, -0.25) is 0 Å². The number of benzene rings is 1. The van der Waals surface area contributed by atoms with Crippen LogP contribution < -0.4 is 0 Å². The van der Waals surface area contributed by atoms with Crippen molar-refractivity contribution >= 4 is 20.9 Å². The smallest absolute Gasteiger partial charge is 0.214 e. The van der Waals surface area contributed by atoms with Gasteiger partial charge in [-0.25, -0.2) is 12.7 Å². The lowest BCUT2D eigenvalue weighted by Crippen LogP contribution is -2.28. The van der Waals surface area contributed by atoms with E-state index in [1.54, 1.807) is 7.05 Å². The summed E-state index contributed by atoms with van der Waals surface area (Å²) in [5.41, 5.74) is 2.05. The highest BCUT2D eigenvalue weighted by Crippen LogP contribution is 2.20. The fraction of sp³-hybridized carbons (Fsp3) is 0.429. The molecule has 1 N–H and O–H groups in total. The number of para-hydroxylation sites is 1. The minimum Gasteiger partial charge on any atom is -0.361 e. The van der Waals surface area contributed by atoms with Crippen molar-refractivity contribution in [3.8, 4) is 0 Å². The van der Waals surface area contributed by atoms with Crippen molar-refractivity contribution in [3.63, 3.8) is 0 Å². The highest BCUT2D eigenvalue weighted by Gasteiger charge is 2.18. The highest BCUT2D eigenvalue weighted by atomic mass is 32.2. The highest BCUT2D eigenvalue weighted by molar-refractivity contribution is 7.89. The first kappa shape index (κ1) is 14.1. The molecule has 0 atom stereocenters. The van der Waals surface area contributed by atoms with Gasteiger partial charge in [0.15, 0.2) is 0 Å². The number of fused-ring (bicyclic) bond motifs is 1. The molecule has 0 aliphatic rings. The van der Waals surface area contributed by atoms with Crippen LogP contribution in [0.5, 0.6) is 0 Å². The fourth-order valence-electron chi connectivity index (χ4n) is 2.08. The van der Waals surface area contributed by atoms with Crippen LogP contribution in [0, 0.1) is 0 Å². The molecule has 0 spiro atoms. The largest absolute Gasteiger partial charge is 0.361 e. The quantitative estimate of drug-likeness (QED) is 0.884. The predicted molar refractivity (Wildman–Crippen MR) is 78.5 cm³/mol. The van der Waals surface area contributed by atoms with E-state index in [9.17, 15) is 8.42 Å². The fourth-order valence-corrected chi connectivity index (χ4v) is 3.38. The van der Waals surface area contributed by atoms with Crippen molar-refractivity contribution in [1.29, 1.82) is 0 Å². The molecule has 0 saturated carbocycles. The van der Waals surface area contributed by atoms with Crippen LogP contribution in [-0.4, -0.2) is 30.5 Å². The lowest BCUT2D eigenvalue weighted by molar-refractivity contribution is 0.466. The first-order valence-electron chi connectivity index (χ1n) is 6.53. The van der Waals surface area contributed by atoms with Gasteiger partial charge in [0.05, 0.1) is 5.75 Å².